The summed E-state index contributed by atoms with van der Waals surface area (Å²) in [5.74, 6) is 4.67. The number of nitrogens with zero attached hydrogens (tertiary/aromatic N) is 2. The van der Waals surface area contributed by atoms with Gasteiger partial charge in [-0.3, -0.25) is 4.79 Å². The molecule has 1 aromatic carbocycles. The topological polar surface area (TPSA) is 53.9 Å². The number of ether oxygens (including phenoxy) is 1. The average molecular weight is 382 g/mol. The first-order chi connectivity index (χ1) is 12.3. The normalized spacial score (nSPS) is 15.4. The van der Waals surface area contributed by atoms with Gasteiger partial charge < -0.3 is 9.64 Å². The van der Waals surface area contributed by atoms with Crippen molar-refractivity contribution in [1.82, 2.24) is 10.3 Å². The third-order valence-electron chi connectivity index (χ3n) is 3.71. The van der Waals surface area contributed by atoms with Gasteiger partial charge in [0.15, 0.2) is 0 Å². The lowest BCUT2D eigenvalue weighted by molar-refractivity contribution is -0.118. The van der Waals surface area contributed by atoms with Crippen LogP contribution in [0.2, 0.25) is 0 Å². The lowest BCUT2D eigenvalue weighted by atomic mass is 10.2. The Morgan fingerprint density at radius 1 is 1.36 bits per heavy atom. The highest BCUT2D eigenvalue weighted by Gasteiger charge is 2.09. The van der Waals surface area contributed by atoms with Crippen LogP contribution in [0.5, 0.6) is 5.75 Å². The van der Waals surface area contributed by atoms with Gasteiger partial charge in [0.1, 0.15) is 5.75 Å². The van der Waals surface area contributed by atoms with E-state index in [-0.39, 0.29) is 5.91 Å². The van der Waals surface area contributed by atoms with Crippen molar-refractivity contribution in [2.24, 2.45) is 5.10 Å². The smallest absolute Gasteiger partial charge is 0.250 e. The summed E-state index contributed by atoms with van der Waals surface area (Å²) in [6.45, 7) is 6.28. The molecule has 1 aliphatic heterocycles. The van der Waals surface area contributed by atoms with Crippen LogP contribution in [0, 0.1) is 0 Å². The molecule has 138 valence electrons. The number of nitrogens with one attached hydrogen (secondary N) is 1. The standard InChI is InChI=1S/C18H27N3O2S2/c1-2-24-15-18(22)20-19-14-16-4-6-17(7-5-16)23-11-3-8-21-9-12-25-13-10-21/h4-7,14H,2-3,8-13,15H2,1H3,(H,20,22)/b19-14+. The molecule has 1 N–H and O–H groups in total. The number of hydrazone groups is 1. The molecule has 0 aromatic heterocycles. The molecule has 0 atom stereocenters. The Balaban J connectivity index is 1.62. The largest absolute Gasteiger partial charge is 0.494 e. The van der Waals surface area contributed by atoms with E-state index in [4.69, 9.17) is 4.74 Å². The molecule has 0 aliphatic carbocycles. The summed E-state index contributed by atoms with van der Waals surface area (Å²) < 4.78 is 5.79. The number of hydrogen-bond donors (Lipinski definition) is 1. The minimum atomic E-state index is -0.0737. The van der Waals surface area contributed by atoms with E-state index in [0.717, 1.165) is 36.6 Å². The van der Waals surface area contributed by atoms with E-state index < -0.39 is 0 Å². The highest BCUT2D eigenvalue weighted by atomic mass is 32.2. The van der Waals surface area contributed by atoms with Gasteiger partial charge in [0.2, 0.25) is 5.91 Å². The van der Waals surface area contributed by atoms with E-state index in [9.17, 15) is 4.79 Å². The molecule has 1 amide bonds. The Morgan fingerprint density at radius 3 is 2.84 bits per heavy atom. The predicted molar refractivity (Wildman–Crippen MR) is 109 cm³/mol. The van der Waals surface area contributed by atoms with E-state index in [0.29, 0.717) is 5.75 Å². The van der Waals surface area contributed by atoms with E-state index in [1.807, 2.05) is 43.0 Å². The van der Waals surface area contributed by atoms with Crippen molar-refractivity contribution in [2.75, 3.05) is 49.3 Å². The minimum absolute atomic E-state index is 0.0737. The van der Waals surface area contributed by atoms with Crippen LogP contribution in [0.25, 0.3) is 0 Å². The second-order valence-electron chi connectivity index (χ2n) is 5.66. The van der Waals surface area contributed by atoms with Crippen LogP contribution in [-0.2, 0) is 4.79 Å². The molecular formula is C18H27N3O2S2. The Bertz CT molecular complexity index is 532. The van der Waals surface area contributed by atoms with Gasteiger partial charge in [0.25, 0.3) is 0 Å². The molecule has 7 heteroatoms. The van der Waals surface area contributed by atoms with E-state index >= 15 is 0 Å². The molecule has 5 nitrogen and oxygen atoms in total. The van der Waals surface area contributed by atoms with Crippen LogP contribution in [0.4, 0.5) is 0 Å². The lowest BCUT2D eigenvalue weighted by Gasteiger charge is -2.25. The van der Waals surface area contributed by atoms with Crippen molar-refractivity contribution < 1.29 is 9.53 Å². The molecule has 2 rings (SSSR count). The second-order valence-corrected chi connectivity index (χ2v) is 8.15. The van der Waals surface area contributed by atoms with Gasteiger partial charge in [0, 0.05) is 31.1 Å². The Labute approximate surface area is 159 Å². The van der Waals surface area contributed by atoms with Crippen LogP contribution in [0.15, 0.2) is 29.4 Å². The molecule has 1 heterocycles. The minimum Gasteiger partial charge on any atom is -0.494 e. The summed E-state index contributed by atoms with van der Waals surface area (Å²) in [7, 11) is 0. The van der Waals surface area contributed by atoms with Crippen LogP contribution in [-0.4, -0.2) is 66.3 Å². The fourth-order valence-corrected chi connectivity index (χ4v) is 3.79. The summed E-state index contributed by atoms with van der Waals surface area (Å²) in [5, 5.41) is 3.97. The lowest BCUT2D eigenvalue weighted by Crippen LogP contribution is -2.33. The van der Waals surface area contributed by atoms with E-state index in [1.165, 1.54) is 24.6 Å². The Morgan fingerprint density at radius 2 is 2.12 bits per heavy atom. The first-order valence-corrected chi connectivity index (χ1v) is 11.0. The Kier molecular flexibility index (Phi) is 9.84. The summed E-state index contributed by atoms with van der Waals surface area (Å²) in [5.41, 5.74) is 3.46. The van der Waals surface area contributed by atoms with E-state index in [2.05, 4.69) is 15.4 Å². The number of thioether (sulfide) groups is 2. The molecule has 1 saturated heterocycles. The van der Waals surface area contributed by atoms with Crippen molar-refractivity contribution in [2.45, 2.75) is 13.3 Å². The quantitative estimate of drug-likeness (QED) is 0.384. The van der Waals surface area contributed by atoms with Gasteiger partial charge in [-0.25, -0.2) is 5.43 Å². The van der Waals surface area contributed by atoms with E-state index in [1.54, 1.807) is 18.0 Å². The van der Waals surface area contributed by atoms with Crippen molar-refractivity contribution in [3.63, 3.8) is 0 Å². The second kappa shape index (κ2) is 12.2. The fourth-order valence-electron chi connectivity index (χ4n) is 2.36. The number of benzene rings is 1. The molecule has 0 saturated carbocycles. The predicted octanol–water partition coefficient (Wildman–Crippen LogP) is 2.71. The van der Waals surface area contributed by atoms with Gasteiger partial charge in [0.05, 0.1) is 18.6 Å². The molecular weight excluding hydrogens is 354 g/mol. The van der Waals surface area contributed by atoms with Crippen molar-refractivity contribution >= 4 is 35.6 Å². The van der Waals surface area contributed by atoms with Crippen LogP contribution in [0.1, 0.15) is 18.9 Å². The SMILES string of the molecule is CCSCC(=O)N/N=C/c1ccc(OCCCN2CCSCC2)cc1. The average Bonchev–Trinajstić information content (AvgIpc) is 2.65. The van der Waals surface area contributed by atoms with Crippen LogP contribution in [0.3, 0.4) is 0 Å². The van der Waals surface area contributed by atoms with Gasteiger partial charge in [-0.15, -0.1) is 0 Å². The van der Waals surface area contributed by atoms with Crippen LogP contribution < -0.4 is 10.2 Å². The van der Waals surface area contributed by atoms with Gasteiger partial charge in [-0.2, -0.15) is 28.6 Å². The van der Waals surface area contributed by atoms with Crippen molar-refractivity contribution in [3.05, 3.63) is 29.8 Å². The van der Waals surface area contributed by atoms with Crippen molar-refractivity contribution in [3.8, 4) is 5.75 Å². The number of amides is 1. The number of hydrogen-bond acceptors (Lipinski definition) is 6. The van der Waals surface area contributed by atoms with Crippen LogP contribution >= 0.6 is 23.5 Å². The third kappa shape index (κ3) is 8.65. The summed E-state index contributed by atoms with van der Waals surface area (Å²) >= 11 is 3.61. The van der Waals surface area contributed by atoms with Gasteiger partial charge >= 0.3 is 0 Å². The van der Waals surface area contributed by atoms with Crippen molar-refractivity contribution in [1.29, 1.82) is 0 Å². The summed E-state index contributed by atoms with van der Waals surface area (Å²) in [6, 6.07) is 7.75. The molecule has 0 bridgehead atoms. The zero-order valence-corrected chi connectivity index (χ0v) is 16.4. The van der Waals surface area contributed by atoms with Gasteiger partial charge in [-0.1, -0.05) is 6.92 Å². The number of carbonyl (C=O) groups is 1. The summed E-state index contributed by atoms with van der Waals surface area (Å²) in [6.07, 6.45) is 2.70. The first-order valence-electron chi connectivity index (χ1n) is 8.70. The zero-order valence-electron chi connectivity index (χ0n) is 14.8. The number of carbonyl (C=O) groups excluding carboxylic acids is 1. The summed E-state index contributed by atoms with van der Waals surface area (Å²) in [4.78, 5) is 13.9. The highest BCUT2D eigenvalue weighted by Crippen LogP contribution is 2.12. The number of rotatable bonds is 10. The Hall–Kier alpha value is -1.18. The monoisotopic (exact) mass is 381 g/mol. The third-order valence-corrected chi connectivity index (χ3v) is 5.53. The first kappa shape index (κ1) is 20.1. The maximum Gasteiger partial charge on any atom is 0.250 e. The molecule has 0 radical (unpaired) electrons. The fraction of sp³-hybridized carbons (Fsp3) is 0.556. The zero-order chi connectivity index (χ0) is 17.7. The molecule has 1 fully saturated rings. The maximum absolute atomic E-state index is 11.4. The molecule has 0 unspecified atom stereocenters. The molecule has 25 heavy (non-hydrogen) atoms. The van der Waals surface area contributed by atoms with Gasteiger partial charge in [-0.05, 0) is 42.0 Å². The molecule has 1 aliphatic rings. The highest BCUT2D eigenvalue weighted by molar-refractivity contribution is 7.99. The molecule has 0 spiro atoms. The molecule has 1 aromatic rings. The maximum atomic E-state index is 11.4.